The number of hydrogen-bond donors (Lipinski definition) is 9. The van der Waals surface area contributed by atoms with Crippen LogP contribution < -0.4 is 34.4 Å². The van der Waals surface area contributed by atoms with Gasteiger partial charge < -0.3 is 49.7 Å². The molecule has 0 aliphatic heterocycles. The van der Waals surface area contributed by atoms with Crippen LogP contribution in [0.3, 0.4) is 0 Å². The predicted molar refractivity (Wildman–Crippen MR) is 134 cm³/mol. The van der Waals surface area contributed by atoms with E-state index in [2.05, 4.69) is 0 Å². The number of nitrogen functional groups attached to an aromatic ring is 2. The molecule has 0 bridgehead atoms. The molecule has 0 aliphatic rings. The highest BCUT2D eigenvalue weighted by Gasteiger charge is 2.12. The van der Waals surface area contributed by atoms with Crippen molar-refractivity contribution in [2.24, 2.45) is 22.9 Å². The average molecular weight is 493 g/mol. The van der Waals surface area contributed by atoms with E-state index in [1.807, 2.05) is 0 Å². The van der Waals surface area contributed by atoms with E-state index in [1.54, 1.807) is 48.5 Å². The minimum atomic E-state index is -0.989. The first-order valence-electron chi connectivity index (χ1n) is 10.7. The van der Waals surface area contributed by atoms with Gasteiger partial charge in [0, 0.05) is 11.4 Å². The van der Waals surface area contributed by atoms with E-state index in [4.69, 9.17) is 49.7 Å². The van der Waals surface area contributed by atoms with E-state index in [0.717, 1.165) is 11.1 Å². The van der Waals surface area contributed by atoms with Crippen LogP contribution in [0.1, 0.15) is 24.0 Å². The maximum Gasteiger partial charge on any atom is 0.320 e. The van der Waals surface area contributed by atoms with E-state index >= 15 is 0 Å². The van der Waals surface area contributed by atoms with Gasteiger partial charge in [-0.3, -0.25) is 14.4 Å². The number of rotatable bonds is 10. The molecule has 0 saturated heterocycles. The number of anilines is 2. The third kappa shape index (κ3) is 14.9. The highest BCUT2D eigenvalue weighted by atomic mass is 16.4. The first-order chi connectivity index (χ1) is 16.4. The van der Waals surface area contributed by atoms with Crippen molar-refractivity contribution in [3.63, 3.8) is 0 Å². The van der Waals surface area contributed by atoms with Crippen LogP contribution in [0.4, 0.5) is 11.4 Å². The summed E-state index contributed by atoms with van der Waals surface area (Å²) in [6, 6.07) is 11.6. The van der Waals surface area contributed by atoms with E-state index < -0.39 is 36.0 Å². The van der Waals surface area contributed by atoms with Crippen molar-refractivity contribution >= 4 is 29.3 Å². The van der Waals surface area contributed by atoms with Crippen LogP contribution in [0.15, 0.2) is 48.5 Å². The molecule has 0 unspecified atom stereocenters. The molecule has 12 nitrogen and oxygen atoms in total. The lowest BCUT2D eigenvalue weighted by atomic mass is 10.1. The number of carboxylic acids is 3. The molecule has 3 atom stereocenters. The second-order valence-corrected chi connectivity index (χ2v) is 7.66. The zero-order chi connectivity index (χ0) is 27.0. The highest BCUT2D eigenvalue weighted by Crippen LogP contribution is 2.08. The standard InChI is InChI=1S/2C9H12N2O2.C5H12N2O2/c2*10-7-3-1-6(2-4-7)5-8(11)9(12)13;6-3-1-2-4(7)5(8)9/h2*1-4,8H,5,10-11H2,(H,12,13);4H,1-3,6-7H2,(H,8,9)/t2*8-;4-/m000/s1. The number of carboxylic acid groups (broad SMARTS) is 3. The first kappa shape index (κ1) is 31.3. The summed E-state index contributed by atoms with van der Waals surface area (Å²) in [5.74, 6) is -2.93. The van der Waals surface area contributed by atoms with Gasteiger partial charge >= 0.3 is 17.9 Å². The van der Waals surface area contributed by atoms with Crippen molar-refractivity contribution in [1.82, 2.24) is 0 Å². The molecule has 0 fully saturated rings. The Morgan fingerprint density at radius 2 is 0.943 bits per heavy atom. The molecule has 12 heteroatoms. The summed E-state index contributed by atoms with van der Waals surface area (Å²) in [5, 5.41) is 25.3. The summed E-state index contributed by atoms with van der Waals surface area (Å²) in [7, 11) is 0. The SMILES string of the molecule is NCCC[C@H](N)C(=O)O.Nc1ccc(C[C@H](N)C(=O)O)cc1.Nc1ccc(C[C@H](N)C(=O)O)cc1. The maximum atomic E-state index is 10.4. The molecule has 194 valence electrons. The number of hydrogen-bond acceptors (Lipinski definition) is 9. The van der Waals surface area contributed by atoms with Crippen molar-refractivity contribution in [3.8, 4) is 0 Å². The summed E-state index contributed by atoms with van der Waals surface area (Å²) < 4.78 is 0. The lowest BCUT2D eigenvalue weighted by Gasteiger charge is -2.05. The van der Waals surface area contributed by atoms with Crippen molar-refractivity contribution in [3.05, 3.63) is 59.7 Å². The number of nitrogens with two attached hydrogens (primary N) is 6. The van der Waals surface area contributed by atoms with Crippen molar-refractivity contribution in [1.29, 1.82) is 0 Å². The normalized spacial score (nSPS) is 12.6. The Kier molecular flexibility index (Phi) is 15.0. The quantitative estimate of drug-likeness (QED) is 0.191. The molecule has 2 aromatic rings. The fraction of sp³-hybridized carbons (Fsp3) is 0.348. The topological polar surface area (TPSA) is 268 Å². The Morgan fingerprint density at radius 3 is 1.20 bits per heavy atom. The molecule has 0 radical (unpaired) electrons. The van der Waals surface area contributed by atoms with Gasteiger partial charge in [0.1, 0.15) is 18.1 Å². The Labute approximate surface area is 203 Å². The minimum absolute atomic E-state index is 0.329. The Bertz CT molecular complexity index is 844. The zero-order valence-corrected chi connectivity index (χ0v) is 19.4. The first-order valence-corrected chi connectivity index (χ1v) is 10.7. The van der Waals surface area contributed by atoms with E-state index in [9.17, 15) is 14.4 Å². The average Bonchev–Trinajstić information content (AvgIpc) is 2.81. The van der Waals surface area contributed by atoms with Crippen LogP contribution in [0.25, 0.3) is 0 Å². The zero-order valence-electron chi connectivity index (χ0n) is 19.4. The number of aliphatic carboxylic acids is 3. The Morgan fingerprint density at radius 1 is 0.629 bits per heavy atom. The van der Waals surface area contributed by atoms with Crippen LogP contribution in [-0.2, 0) is 27.2 Å². The smallest absolute Gasteiger partial charge is 0.320 e. The third-order valence-electron chi connectivity index (χ3n) is 4.54. The molecular weight excluding hydrogens is 456 g/mol. The molecule has 2 aromatic carbocycles. The van der Waals surface area contributed by atoms with Gasteiger partial charge in [0.05, 0.1) is 0 Å². The van der Waals surface area contributed by atoms with Gasteiger partial charge in [-0.05, 0) is 67.6 Å². The van der Waals surface area contributed by atoms with Gasteiger partial charge in [-0.1, -0.05) is 24.3 Å². The Balaban J connectivity index is 0.000000506. The summed E-state index contributed by atoms with van der Waals surface area (Å²) in [4.78, 5) is 30.9. The van der Waals surface area contributed by atoms with E-state index in [1.165, 1.54) is 0 Å². The molecule has 2 rings (SSSR count). The second-order valence-electron chi connectivity index (χ2n) is 7.66. The minimum Gasteiger partial charge on any atom is -0.480 e. The monoisotopic (exact) mass is 492 g/mol. The van der Waals surface area contributed by atoms with Gasteiger partial charge in [0.2, 0.25) is 0 Å². The van der Waals surface area contributed by atoms with Gasteiger partial charge in [0.25, 0.3) is 0 Å². The second kappa shape index (κ2) is 16.8. The number of benzene rings is 2. The molecule has 0 aromatic heterocycles. The van der Waals surface area contributed by atoms with Crippen molar-refractivity contribution < 1.29 is 29.7 Å². The van der Waals surface area contributed by atoms with Crippen LogP contribution in [0.5, 0.6) is 0 Å². The van der Waals surface area contributed by atoms with E-state index in [-0.39, 0.29) is 0 Å². The van der Waals surface area contributed by atoms with Crippen LogP contribution in [-0.4, -0.2) is 57.9 Å². The number of carbonyl (C=O) groups is 3. The molecular formula is C23H36N6O6. The van der Waals surface area contributed by atoms with Gasteiger partial charge in [-0.25, -0.2) is 0 Å². The Hall–Kier alpha value is -3.71. The lowest BCUT2D eigenvalue weighted by Crippen LogP contribution is -2.32. The van der Waals surface area contributed by atoms with Crippen molar-refractivity contribution in [2.75, 3.05) is 18.0 Å². The summed E-state index contributed by atoms with van der Waals surface area (Å²) in [6.45, 7) is 0.501. The maximum absolute atomic E-state index is 10.4. The molecule has 35 heavy (non-hydrogen) atoms. The molecule has 0 amide bonds. The van der Waals surface area contributed by atoms with Crippen LogP contribution in [0.2, 0.25) is 0 Å². The fourth-order valence-corrected chi connectivity index (χ4v) is 2.45. The fourth-order valence-electron chi connectivity index (χ4n) is 2.45. The largest absolute Gasteiger partial charge is 0.480 e. The summed E-state index contributed by atoms with van der Waals surface area (Å²) in [5.41, 5.74) is 35.0. The molecule has 0 spiro atoms. The van der Waals surface area contributed by atoms with Crippen LogP contribution in [0, 0.1) is 0 Å². The van der Waals surface area contributed by atoms with E-state index in [0.29, 0.717) is 43.6 Å². The predicted octanol–water partition coefficient (Wildman–Crippen LogP) is -0.416. The van der Waals surface area contributed by atoms with Crippen molar-refractivity contribution in [2.45, 2.75) is 43.8 Å². The molecule has 0 aliphatic carbocycles. The highest BCUT2D eigenvalue weighted by molar-refractivity contribution is 5.74. The third-order valence-corrected chi connectivity index (χ3v) is 4.54. The summed E-state index contributed by atoms with van der Waals surface area (Å²) in [6.07, 6.45) is 1.80. The summed E-state index contributed by atoms with van der Waals surface area (Å²) >= 11 is 0. The van der Waals surface area contributed by atoms with Gasteiger partial charge in [-0.2, -0.15) is 0 Å². The van der Waals surface area contributed by atoms with Gasteiger partial charge in [-0.15, -0.1) is 0 Å². The lowest BCUT2D eigenvalue weighted by molar-refractivity contribution is -0.139. The van der Waals surface area contributed by atoms with Gasteiger partial charge in [0.15, 0.2) is 0 Å². The molecule has 15 N–H and O–H groups in total. The molecule has 0 saturated carbocycles. The van der Waals surface area contributed by atoms with Crippen LogP contribution >= 0.6 is 0 Å². The molecule has 0 heterocycles.